The van der Waals surface area contributed by atoms with E-state index in [1.54, 1.807) is 6.92 Å². The van der Waals surface area contributed by atoms with Crippen molar-refractivity contribution in [2.75, 3.05) is 18.1 Å². The van der Waals surface area contributed by atoms with Crippen molar-refractivity contribution in [3.8, 4) is 0 Å². The number of carbonyl (C=O) groups excluding carboxylic acids is 2. The molecule has 1 aliphatic heterocycles. The molecule has 1 fully saturated rings. The Bertz CT molecular complexity index is 254. The Kier molecular flexibility index (Phi) is 5.62. The van der Waals surface area contributed by atoms with Gasteiger partial charge in [-0.05, 0) is 6.92 Å². The lowest BCUT2D eigenvalue weighted by Gasteiger charge is -2.23. The minimum Gasteiger partial charge on any atom is -0.370 e. The molecule has 0 spiro atoms. The third-order valence-corrected chi connectivity index (χ3v) is 3.48. The molecule has 0 aromatic carbocycles. The number of rotatable bonds is 5. The van der Waals surface area contributed by atoms with Crippen molar-refractivity contribution in [1.82, 2.24) is 10.6 Å². The van der Waals surface area contributed by atoms with Crippen molar-refractivity contribution < 1.29 is 9.59 Å². The van der Waals surface area contributed by atoms with Gasteiger partial charge in [0, 0.05) is 43.0 Å². The van der Waals surface area contributed by atoms with Gasteiger partial charge in [-0.3, -0.25) is 9.59 Å². The van der Waals surface area contributed by atoms with Gasteiger partial charge in [-0.1, -0.05) is 0 Å². The average molecular weight is 245 g/mol. The topological polar surface area (TPSA) is 84.2 Å². The summed E-state index contributed by atoms with van der Waals surface area (Å²) in [6.45, 7) is 2.74. The van der Waals surface area contributed by atoms with E-state index >= 15 is 0 Å². The van der Waals surface area contributed by atoms with Crippen LogP contribution in [0.5, 0.6) is 0 Å². The lowest BCUT2D eigenvalue weighted by molar-refractivity contribution is -0.122. The van der Waals surface area contributed by atoms with Crippen LogP contribution in [0.1, 0.15) is 19.8 Å². The van der Waals surface area contributed by atoms with Gasteiger partial charge in [0.05, 0.1) is 0 Å². The number of amides is 2. The summed E-state index contributed by atoms with van der Waals surface area (Å²) >= 11 is 1.86. The Balaban J connectivity index is 2.21. The normalized spacial score (nSPS) is 22.4. The highest BCUT2D eigenvalue weighted by Gasteiger charge is 2.18. The number of primary amides is 1. The van der Waals surface area contributed by atoms with Crippen LogP contribution in [0.15, 0.2) is 0 Å². The minimum atomic E-state index is -0.390. The van der Waals surface area contributed by atoms with Gasteiger partial charge in [0.1, 0.15) is 0 Å². The van der Waals surface area contributed by atoms with Gasteiger partial charge in [-0.15, -0.1) is 0 Å². The molecule has 0 bridgehead atoms. The molecule has 2 atom stereocenters. The molecule has 1 rings (SSSR count). The average Bonchev–Trinajstić information content (AvgIpc) is 2.17. The van der Waals surface area contributed by atoms with Crippen molar-refractivity contribution in [1.29, 1.82) is 0 Å². The zero-order chi connectivity index (χ0) is 12.0. The third kappa shape index (κ3) is 5.37. The first-order chi connectivity index (χ1) is 7.58. The molecule has 92 valence electrons. The predicted molar refractivity (Wildman–Crippen MR) is 65.1 cm³/mol. The van der Waals surface area contributed by atoms with Gasteiger partial charge in [0.25, 0.3) is 0 Å². The maximum absolute atomic E-state index is 11.6. The van der Waals surface area contributed by atoms with Crippen LogP contribution in [0.25, 0.3) is 0 Å². The Hall–Kier alpha value is -0.750. The molecular weight excluding hydrogens is 226 g/mol. The fraction of sp³-hybridized carbons (Fsp3) is 0.800. The van der Waals surface area contributed by atoms with Crippen LogP contribution in [0.2, 0.25) is 0 Å². The smallest absolute Gasteiger partial charge is 0.221 e. The highest BCUT2D eigenvalue weighted by molar-refractivity contribution is 7.99. The summed E-state index contributed by atoms with van der Waals surface area (Å²) < 4.78 is 0. The monoisotopic (exact) mass is 245 g/mol. The molecule has 4 N–H and O–H groups in total. The van der Waals surface area contributed by atoms with Crippen molar-refractivity contribution in [2.24, 2.45) is 5.73 Å². The minimum absolute atomic E-state index is 0.0197. The number of nitrogens with one attached hydrogen (secondary N) is 2. The van der Waals surface area contributed by atoms with Crippen molar-refractivity contribution >= 4 is 23.6 Å². The predicted octanol–water partition coefficient (Wildman–Crippen LogP) is -0.538. The Morgan fingerprint density at radius 2 is 2.38 bits per heavy atom. The van der Waals surface area contributed by atoms with E-state index in [1.807, 2.05) is 11.8 Å². The van der Waals surface area contributed by atoms with Crippen LogP contribution < -0.4 is 16.4 Å². The SMILES string of the molecule is CC(CC(N)=O)NC(=O)CC1CSCCN1. The van der Waals surface area contributed by atoms with E-state index in [0.717, 1.165) is 18.1 Å². The van der Waals surface area contributed by atoms with Crippen molar-refractivity contribution in [3.05, 3.63) is 0 Å². The van der Waals surface area contributed by atoms with E-state index in [4.69, 9.17) is 5.73 Å². The molecule has 1 heterocycles. The fourth-order valence-corrected chi connectivity index (χ4v) is 2.61. The molecule has 16 heavy (non-hydrogen) atoms. The van der Waals surface area contributed by atoms with Crippen LogP contribution in [0.4, 0.5) is 0 Å². The summed E-state index contributed by atoms with van der Waals surface area (Å²) in [7, 11) is 0. The molecule has 0 aliphatic carbocycles. The molecule has 1 aliphatic rings. The summed E-state index contributed by atoms with van der Waals surface area (Å²) in [4.78, 5) is 22.2. The van der Waals surface area contributed by atoms with Crippen molar-refractivity contribution in [3.63, 3.8) is 0 Å². The Morgan fingerprint density at radius 1 is 1.62 bits per heavy atom. The van der Waals surface area contributed by atoms with Crippen LogP contribution in [-0.4, -0.2) is 41.9 Å². The molecule has 5 nitrogen and oxygen atoms in total. The molecule has 2 unspecified atom stereocenters. The van der Waals surface area contributed by atoms with E-state index in [9.17, 15) is 9.59 Å². The van der Waals surface area contributed by atoms with E-state index in [1.165, 1.54) is 0 Å². The maximum atomic E-state index is 11.6. The summed E-state index contributed by atoms with van der Waals surface area (Å²) in [5, 5.41) is 6.06. The second kappa shape index (κ2) is 6.75. The first-order valence-corrected chi connectivity index (χ1v) is 6.62. The highest BCUT2D eigenvalue weighted by atomic mass is 32.2. The van der Waals surface area contributed by atoms with E-state index in [2.05, 4.69) is 10.6 Å². The van der Waals surface area contributed by atoms with Gasteiger partial charge >= 0.3 is 0 Å². The zero-order valence-electron chi connectivity index (χ0n) is 9.49. The van der Waals surface area contributed by atoms with Crippen LogP contribution in [-0.2, 0) is 9.59 Å². The molecule has 0 aromatic rings. The number of nitrogens with two attached hydrogens (primary N) is 1. The first-order valence-electron chi connectivity index (χ1n) is 5.46. The Morgan fingerprint density at radius 3 is 2.94 bits per heavy atom. The molecular formula is C10H19N3O2S. The van der Waals surface area contributed by atoms with E-state index < -0.39 is 0 Å². The molecule has 0 radical (unpaired) electrons. The van der Waals surface area contributed by atoms with Crippen LogP contribution in [0, 0.1) is 0 Å². The van der Waals surface area contributed by atoms with Crippen molar-refractivity contribution in [2.45, 2.75) is 31.8 Å². The van der Waals surface area contributed by atoms with Crippen LogP contribution >= 0.6 is 11.8 Å². The lowest BCUT2D eigenvalue weighted by atomic mass is 10.2. The molecule has 2 amide bonds. The number of thioether (sulfide) groups is 1. The molecule has 0 saturated carbocycles. The maximum Gasteiger partial charge on any atom is 0.221 e. The summed E-state index contributed by atoms with van der Waals surface area (Å²) in [5.74, 6) is 1.67. The summed E-state index contributed by atoms with van der Waals surface area (Å²) in [5.41, 5.74) is 5.05. The van der Waals surface area contributed by atoms with Gasteiger partial charge in [-0.2, -0.15) is 11.8 Å². The molecule has 6 heteroatoms. The van der Waals surface area contributed by atoms with Gasteiger partial charge in [-0.25, -0.2) is 0 Å². The van der Waals surface area contributed by atoms with Gasteiger partial charge < -0.3 is 16.4 Å². The van der Waals surface area contributed by atoms with Crippen LogP contribution in [0.3, 0.4) is 0 Å². The fourth-order valence-electron chi connectivity index (χ4n) is 1.66. The summed E-state index contributed by atoms with van der Waals surface area (Å²) in [6.07, 6.45) is 0.661. The highest BCUT2D eigenvalue weighted by Crippen LogP contribution is 2.10. The Labute approximate surface area is 99.9 Å². The zero-order valence-corrected chi connectivity index (χ0v) is 10.3. The molecule has 0 aromatic heterocycles. The first kappa shape index (κ1) is 13.3. The quantitative estimate of drug-likeness (QED) is 0.607. The van der Waals surface area contributed by atoms with Gasteiger partial charge in [0.15, 0.2) is 0 Å². The lowest BCUT2D eigenvalue weighted by Crippen LogP contribution is -2.43. The number of hydrogen-bond acceptors (Lipinski definition) is 4. The summed E-state index contributed by atoms with van der Waals surface area (Å²) in [6, 6.07) is 0.0702. The second-order valence-electron chi connectivity index (χ2n) is 4.07. The van der Waals surface area contributed by atoms with E-state index in [-0.39, 0.29) is 30.3 Å². The standard InChI is InChI=1S/C10H19N3O2S/c1-7(4-9(11)14)13-10(15)5-8-6-16-3-2-12-8/h7-8,12H,2-6H2,1H3,(H2,11,14)(H,13,15). The van der Waals surface area contributed by atoms with E-state index in [0.29, 0.717) is 6.42 Å². The largest absolute Gasteiger partial charge is 0.370 e. The second-order valence-corrected chi connectivity index (χ2v) is 5.22. The number of carbonyl (C=O) groups is 2. The van der Waals surface area contributed by atoms with Gasteiger partial charge in [0.2, 0.25) is 11.8 Å². The third-order valence-electron chi connectivity index (χ3n) is 2.35. The number of hydrogen-bond donors (Lipinski definition) is 3. The molecule has 1 saturated heterocycles.